The van der Waals surface area contributed by atoms with Crippen LogP contribution in [-0.2, 0) is 6.18 Å². The predicted octanol–water partition coefficient (Wildman–Crippen LogP) is 5.40. The van der Waals surface area contributed by atoms with E-state index in [9.17, 15) is 31.5 Å². The van der Waals surface area contributed by atoms with Gasteiger partial charge in [0.25, 0.3) is 5.91 Å². The topological polar surface area (TPSA) is 83.1 Å². The Kier molecular flexibility index (Phi) is 7.35. The lowest BCUT2D eigenvalue weighted by Gasteiger charge is -2.18. The van der Waals surface area contributed by atoms with Crippen LogP contribution in [0.25, 0.3) is 11.1 Å². The number of hydrogen-bond donors (Lipinski definition) is 3. The third-order valence-corrected chi connectivity index (χ3v) is 4.89. The van der Waals surface area contributed by atoms with Crippen LogP contribution < -0.4 is 16.2 Å². The highest BCUT2D eigenvalue weighted by molar-refractivity contribution is 6.30. The number of alkyl halides is 3. The van der Waals surface area contributed by atoms with Gasteiger partial charge in [-0.2, -0.15) is 13.2 Å². The average Bonchev–Trinajstić information content (AvgIpc) is 2.76. The molecule has 0 aliphatic carbocycles. The Hall–Kier alpha value is -3.73. The molecule has 0 fully saturated rings. The van der Waals surface area contributed by atoms with Gasteiger partial charge in [-0.05, 0) is 36.2 Å². The summed E-state index contributed by atoms with van der Waals surface area (Å²) in [5.41, 5.74) is 2.02. The zero-order chi connectivity index (χ0) is 25.0. The number of hydrazine groups is 1. The number of halogens is 6. The number of rotatable bonds is 4. The fraction of sp³-hybridized carbons (Fsp3) is 0.136. The number of nitrogens with one attached hydrogen (secondary N) is 3. The molecule has 34 heavy (non-hydrogen) atoms. The smallest absolute Gasteiger partial charge is 0.330 e. The van der Waals surface area contributed by atoms with Gasteiger partial charge < -0.3 is 5.32 Å². The van der Waals surface area contributed by atoms with Crippen molar-refractivity contribution < 1.29 is 31.5 Å². The average molecular weight is 499 g/mol. The third kappa shape index (κ3) is 5.79. The lowest BCUT2D eigenvalue weighted by Crippen LogP contribution is -2.47. The Bertz CT molecular complexity index is 1240. The number of urea groups is 1. The van der Waals surface area contributed by atoms with E-state index in [1.807, 2.05) is 0 Å². The number of nitrogens with zero attached hydrogens (tertiary/aromatic N) is 1. The largest absolute Gasteiger partial charge is 0.419 e. The first-order chi connectivity index (χ1) is 16.0. The van der Waals surface area contributed by atoms with Crippen LogP contribution in [0.15, 0.2) is 54.9 Å². The van der Waals surface area contributed by atoms with Gasteiger partial charge in [-0.25, -0.2) is 19.0 Å². The van der Waals surface area contributed by atoms with E-state index in [2.05, 4.69) is 21.2 Å². The van der Waals surface area contributed by atoms with Gasteiger partial charge in [0.05, 0.1) is 22.2 Å². The number of hydrogen-bond acceptors (Lipinski definition) is 3. The van der Waals surface area contributed by atoms with E-state index in [4.69, 9.17) is 11.6 Å². The van der Waals surface area contributed by atoms with Crippen LogP contribution in [0.3, 0.4) is 0 Å². The molecule has 0 saturated carbocycles. The Balaban J connectivity index is 1.70. The van der Waals surface area contributed by atoms with E-state index in [0.717, 1.165) is 18.2 Å². The number of pyridine rings is 1. The fourth-order valence-corrected chi connectivity index (χ4v) is 3.30. The van der Waals surface area contributed by atoms with Gasteiger partial charge in [0.1, 0.15) is 11.6 Å². The zero-order valence-electron chi connectivity index (χ0n) is 17.3. The molecule has 0 spiro atoms. The molecule has 0 unspecified atom stereocenters. The summed E-state index contributed by atoms with van der Waals surface area (Å²) in [5.74, 6) is -3.10. The molecule has 6 nitrogen and oxygen atoms in total. The second-order valence-corrected chi connectivity index (χ2v) is 7.50. The van der Waals surface area contributed by atoms with E-state index >= 15 is 0 Å². The minimum Gasteiger partial charge on any atom is -0.330 e. The van der Waals surface area contributed by atoms with Crippen molar-refractivity contribution in [2.45, 2.75) is 19.1 Å². The molecular weight excluding hydrogens is 483 g/mol. The van der Waals surface area contributed by atoms with Crippen molar-refractivity contribution in [1.29, 1.82) is 0 Å². The van der Waals surface area contributed by atoms with Gasteiger partial charge in [-0.15, -0.1) is 0 Å². The van der Waals surface area contributed by atoms with E-state index in [0.29, 0.717) is 6.07 Å². The van der Waals surface area contributed by atoms with Gasteiger partial charge in [0.15, 0.2) is 0 Å². The maximum Gasteiger partial charge on any atom is 0.419 e. The van der Waals surface area contributed by atoms with Crippen LogP contribution in [-0.4, -0.2) is 16.9 Å². The lowest BCUT2D eigenvalue weighted by atomic mass is 9.96. The van der Waals surface area contributed by atoms with Crippen LogP contribution in [0.1, 0.15) is 34.5 Å². The summed E-state index contributed by atoms with van der Waals surface area (Å²) >= 11 is 5.74. The fourth-order valence-electron chi connectivity index (χ4n) is 3.13. The monoisotopic (exact) mass is 498 g/mol. The maximum absolute atomic E-state index is 14.7. The Morgan fingerprint density at radius 2 is 1.74 bits per heavy atom. The molecule has 0 aliphatic heterocycles. The molecule has 3 amide bonds. The van der Waals surface area contributed by atoms with Gasteiger partial charge in [-0.3, -0.25) is 15.2 Å². The Morgan fingerprint density at radius 3 is 2.38 bits per heavy atom. The number of carbonyl (C=O) groups excluding carboxylic acids is 2. The first-order valence-electron chi connectivity index (χ1n) is 9.60. The van der Waals surface area contributed by atoms with Crippen molar-refractivity contribution >= 4 is 23.5 Å². The van der Waals surface area contributed by atoms with Crippen molar-refractivity contribution in [1.82, 2.24) is 21.2 Å². The molecule has 0 radical (unpaired) electrons. The van der Waals surface area contributed by atoms with E-state index < -0.39 is 46.9 Å². The first-order valence-corrected chi connectivity index (χ1v) is 9.98. The van der Waals surface area contributed by atoms with Crippen LogP contribution in [0.5, 0.6) is 0 Å². The Morgan fingerprint density at radius 1 is 1.00 bits per heavy atom. The molecule has 0 bridgehead atoms. The number of aromatic nitrogens is 1. The molecule has 1 heterocycles. The van der Waals surface area contributed by atoms with Crippen LogP contribution >= 0.6 is 11.6 Å². The van der Waals surface area contributed by atoms with Crippen LogP contribution in [0.4, 0.5) is 26.7 Å². The molecule has 0 aliphatic rings. The summed E-state index contributed by atoms with van der Waals surface area (Å²) < 4.78 is 68.4. The summed E-state index contributed by atoms with van der Waals surface area (Å²) in [6.45, 7) is 1.42. The standard InChI is InChI=1S/C22H16ClF5N4O2/c1-11(30-21(34)32-31-20(33)13-7-14(23)10-29-9-13)15-6-5-12(8-18(15)25)16-3-2-4-17(24)19(16)22(26,27)28/h2-11H,1H3,(H,31,33)(H2,30,32,34)/t11-/m1/s1. The van der Waals surface area contributed by atoms with E-state index in [1.54, 1.807) is 0 Å². The normalized spacial score (nSPS) is 12.1. The second kappa shape index (κ2) is 10.0. The zero-order valence-corrected chi connectivity index (χ0v) is 18.1. The van der Waals surface area contributed by atoms with Gasteiger partial charge >= 0.3 is 12.2 Å². The molecule has 2 aromatic carbocycles. The number of carbonyl (C=O) groups is 2. The maximum atomic E-state index is 14.7. The molecule has 0 saturated heterocycles. The molecule has 178 valence electrons. The highest BCUT2D eigenvalue weighted by atomic mass is 35.5. The molecule has 1 atom stereocenters. The first kappa shape index (κ1) is 24.9. The molecule has 3 aromatic rings. The van der Waals surface area contributed by atoms with Crippen molar-refractivity contribution in [2.75, 3.05) is 0 Å². The van der Waals surface area contributed by atoms with Gasteiger partial charge in [-0.1, -0.05) is 35.9 Å². The molecule has 3 N–H and O–H groups in total. The minimum absolute atomic E-state index is 0.0470. The third-order valence-electron chi connectivity index (χ3n) is 4.68. The summed E-state index contributed by atoms with van der Waals surface area (Å²) in [4.78, 5) is 27.8. The molecule has 12 heteroatoms. The Labute approximate surface area is 195 Å². The SMILES string of the molecule is C[C@@H](NC(=O)NNC(=O)c1cncc(Cl)c1)c1ccc(-c2cccc(F)c2C(F)(F)F)cc1F. The summed E-state index contributed by atoms with van der Waals surface area (Å²) in [6.07, 6.45) is -2.43. The molecule has 3 rings (SSSR count). The quantitative estimate of drug-likeness (QED) is 0.332. The predicted molar refractivity (Wildman–Crippen MR) is 114 cm³/mol. The van der Waals surface area contributed by atoms with Crippen molar-refractivity contribution in [3.63, 3.8) is 0 Å². The summed E-state index contributed by atoms with van der Waals surface area (Å²) in [6, 6.07) is 5.49. The second-order valence-electron chi connectivity index (χ2n) is 7.06. The van der Waals surface area contributed by atoms with Crippen LogP contribution in [0.2, 0.25) is 5.02 Å². The summed E-state index contributed by atoms with van der Waals surface area (Å²) in [7, 11) is 0. The van der Waals surface area contributed by atoms with Crippen molar-refractivity contribution in [2.24, 2.45) is 0 Å². The highest BCUT2D eigenvalue weighted by Gasteiger charge is 2.37. The van der Waals surface area contributed by atoms with Crippen LogP contribution in [0, 0.1) is 11.6 Å². The summed E-state index contributed by atoms with van der Waals surface area (Å²) in [5, 5.41) is 2.59. The number of amides is 3. The van der Waals surface area contributed by atoms with E-state index in [1.165, 1.54) is 37.5 Å². The minimum atomic E-state index is -4.98. The van der Waals surface area contributed by atoms with E-state index in [-0.39, 0.29) is 21.7 Å². The van der Waals surface area contributed by atoms with Crippen molar-refractivity contribution in [3.8, 4) is 11.1 Å². The number of benzene rings is 2. The highest BCUT2D eigenvalue weighted by Crippen LogP contribution is 2.39. The lowest BCUT2D eigenvalue weighted by molar-refractivity contribution is -0.139. The molecule has 1 aromatic heterocycles. The molecular formula is C22H16ClF5N4O2. The van der Waals surface area contributed by atoms with Crippen molar-refractivity contribution in [3.05, 3.63) is 88.2 Å². The van der Waals surface area contributed by atoms with Gasteiger partial charge in [0.2, 0.25) is 0 Å². The van der Waals surface area contributed by atoms with Gasteiger partial charge in [0, 0.05) is 18.0 Å².